The van der Waals surface area contributed by atoms with Gasteiger partial charge in [0, 0.05) is 26.4 Å². The molecule has 0 saturated carbocycles. The number of ether oxygens (including phenoxy) is 1. The molecule has 0 aliphatic rings. The number of hydrogen-bond acceptors (Lipinski definition) is 3. The first kappa shape index (κ1) is 12.5. The fourth-order valence-electron chi connectivity index (χ4n) is 1.36. The van der Waals surface area contributed by atoms with Gasteiger partial charge >= 0.3 is 0 Å². The van der Waals surface area contributed by atoms with E-state index in [9.17, 15) is 0 Å². The number of aromatic nitrogens is 1. The summed E-state index contributed by atoms with van der Waals surface area (Å²) in [5.41, 5.74) is 1.20. The summed E-state index contributed by atoms with van der Waals surface area (Å²) in [5.74, 6) is 0.995. The third-order valence-electron chi connectivity index (χ3n) is 2.31. The number of halogens is 1. The van der Waals surface area contributed by atoms with Crippen molar-refractivity contribution in [2.45, 2.75) is 13.8 Å². The Morgan fingerprint density at radius 2 is 2.27 bits per heavy atom. The van der Waals surface area contributed by atoms with Crippen LogP contribution in [-0.4, -0.2) is 31.8 Å². The molecular formula is C11H17BrN2O. The minimum Gasteiger partial charge on any atom is -0.383 e. The van der Waals surface area contributed by atoms with Crippen molar-refractivity contribution >= 4 is 21.7 Å². The van der Waals surface area contributed by atoms with Gasteiger partial charge in [0.2, 0.25) is 0 Å². The molecule has 0 atom stereocenters. The van der Waals surface area contributed by atoms with E-state index in [0.29, 0.717) is 0 Å². The highest BCUT2D eigenvalue weighted by Crippen LogP contribution is 2.26. The largest absolute Gasteiger partial charge is 0.383 e. The summed E-state index contributed by atoms with van der Waals surface area (Å²) >= 11 is 3.57. The number of anilines is 1. The number of pyridine rings is 1. The second kappa shape index (κ2) is 6.08. The van der Waals surface area contributed by atoms with Gasteiger partial charge in [-0.15, -0.1) is 0 Å². The smallest absolute Gasteiger partial charge is 0.143 e. The van der Waals surface area contributed by atoms with Gasteiger partial charge in [-0.1, -0.05) is 0 Å². The Bertz CT molecular complexity index is 317. The van der Waals surface area contributed by atoms with Crippen LogP contribution in [0.2, 0.25) is 0 Å². The Morgan fingerprint density at radius 3 is 2.87 bits per heavy atom. The zero-order chi connectivity index (χ0) is 11.3. The van der Waals surface area contributed by atoms with Crippen molar-refractivity contribution < 1.29 is 4.74 Å². The van der Waals surface area contributed by atoms with Crippen molar-refractivity contribution in [1.82, 2.24) is 4.98 Å². The zero-order valence-electron chi connectivity index (χ0n) is 9.46. The predicted octanol–water partition coefficient (Wildman–Crippen LogP) is 2.63. The molecule has 0 spiro atoms. The molecule has 0 aromatic carbocycles. The van der Waals surface area contributed by atoms with Gasteiger partial charge in [-0.2, -0.15) is 0 Å². The van der Waals surface area contributed by atoms with E-state index in [1.807, 2.05) is 12.3 Å². The van der Waals surface area contributed by atoms with Gasteiger partial charge in [0.1, 0.15) is 5.82 Å². The fourth-order valence-corrected chi connectivity index (χ4v) is 1.85. The summed E-state index contributed by atoms with van der Waals surface area (Å²) in [4.78, 5) is 6.58. The Labute approximate surface area is 99.6 Å². The minimum absolute atomic E-state index is 0.718. The molecule has 0 amide bonds. The lowest BCUT2D eigenvalue weighted by molar-refractivity contribution is 0.205. The van der Waals surface area contributed by atoms with Crippen LogP contribution in [0.25, 0.3) is 0 Å². The number of methoxy groups -OCH3 is 1. The number of aryl methyl sites for hydroxylation is 1. The molecule has 0 fully saturated rings. The van der Waals surface area contributed by atoms with Crippen LogP contribution < -0.4 is 4.90 Å². The average molecular weight is 273 g/mol. The van der Waals surface area contributed by atoms with Crippen LogP contribution in [-0.2, 0) is 4.74 Å². The van der Waals surface area contributed by atoms with Crippen LogP contribution >= 0.6 is 15.9 Å². The Morgan fingerprint density at radius 1 is 1.53 bits per heavy atom. The Hall–Kier alpha value is -0.610. The molecule has 84 valence electrons. The maximum atomic E-state index is 5.08. The van der Waals surface area contributed by atoms with Crippen molar-refractivity contribution in [3.05, 3.63) is 22.3 Å². The van der Waals surface area contributed by atoms with Crippen LogP contribution in [0.15, 0.2) is 16.7 Å². The van der Waals surface area contributed by atoms with Crippen LogP contribution in [0, 0.1) is 6.92 Å². The minimum atomic E-state index is 0.718. The molecule has 0 radical (unpaired) electrons. The van der Waals surface area contributed by atoms with Crippen molar-refractivity contribution in [1.29, 1.82) is 0 Å². The second-order valence-corrected chi connectivity index (χ2v) is 4.13. The van der Waals surface area contributed by atoms with Gasteiger partial charge < -0.3 is 9.64 Å². The van der Waals surface area contributed by atoms with E-state index in [4.69, 9.17) is 4.74 Å². The molecule has 0 saturated heterocycles. The van der Waals surface area contributed by atoms with Crippen molar-refractivity contribution in [2.75, 3.05) is 31.7 Å². The van der Waals surface area contributed by atoms with E-state index in [0.717, 1.165) is 30.0 Å². The molecule has 4 heteroatoms. The van der Waals surface area contributed by atoms with E-state index < -0.39 is 0 Å². The number of likely N-dealkylation sites (N-methyl/N-ethyl adjacent to an activating group) is 1. The highest BCUT2D eigenvalue weighted by atomic mass is 79.9. The highest BCUT2D eigenvalue weighted by molar-refractivity contribution is 9.10. The SMILES string of the molecule is CCN(CCOC)c1nccc(C)c1Br. The van der Waals surface area contributed by atoms with Crippen molar-refractivity contribution in [2.24, 2.45) is 0 Å². The van der Waals surface area contributed by atoms with Crippen LogP contribution in [0.4, 0.5) is 5.82 Å². The number of nitrogens with zero attached hydrogens (tertiary/aromatic N) is 2. The van der Waals surface area contributed by atoms with Crippen molar-refractivity contribution in [3.8, 4) is 0 Å². The summed E-state index contributed by atoms with van der Waals surface area (Å²) in [6.07, 6.45) is 1.84. The zero-order valence-corrected chi connectivity index (χ0v) is 11.0. The fraction of sp³-hybridized carbons (Fsp3) is 0.545. The van der Waals surface area contributed by atoms with Gasteiger partial charge in [0.05, 0.1) is 11.1 Å². The highest BCUT2D eigenvalue weighted by Gasteiger charge is 2.10. The summed E-state index contributed by atoms with van der Waals surface area (Å²) in [5, 5.41) is 0. The van der Waals surface area contributed by atoms with Gasteiger partial charge in [-0.25, -0.2) is 4.98 Å². The van der Waals surface area contributed by atoms with E-state index in [-0.39, 0.29) is 0 Å². The first-order valence-electron chi connectivity index (χ1n) is 5.05. The van der Waals surface area contributed by atoms with Gasteiger partial charge in [-0.3, -0.25) is 0 Å². The molecule has 3 nitrogen and oxygen atoms in total. The topological polar surface area (TPSA) is 25.4 Å². The quantitative estimate of drug-likeness (QED) is 0.824. The van der Waals surface area contributed by atoms with Crippen LogP contribution in [0.3, 0.4) is 0 Å². The molecule has 0 aliphatic carbocycles. The molecule has 1 rings (SSSR count). The summed E-state index contributed by atoms with van der Waals surface area (Å²) in [6, 6.07) is 2.00. The molecule has 1 heterocycles. The summed E-state index contributed by atoms with van der Waals surface area (Å²) in [7, 11) is 1.71. The second-order valence-electron chi connectivity index (χ2n) is 3.34. The first-order valence-corrected chi connectivity index (χ1v) is 5.85. The van der Waals surface area contributed by atoms with Crippen LogP contribution in [0.1, 0.15) is 12.5 Å². The normalized spacial score (nSPS) is 10.4. The molecule has 1 aromatic heterocycles. The van der Waals surface area contributed by atoms with Gasteiger partial charge in [0.25, 0.3) is 0 Å². The standard InChI is InChI=1S/C11H17BrN2O/c1-4-14(7-8-15-3)11-10(12)9(2)5-6-13-11/h5-6H,4,7-8H2,1-3H3. The third-order valence-corrected chi connectivity index (χ3v) is 3.29. The molecule has 0 N–H and O–H groups in total. The molecule has 0 bridgehead atoms. The first-order chi connectivity index (χ1) is 7.20. The van der Waals surface area contributed by atoms with Gasteiger partial charge in [-0.05, 0) is 41.4 Å². The molecule has 0 unspecified atom stereocenters. The predicted molar refractivity (Wildman–Crippen MR) is 66.4 cm³/mol. The summed E-state index contributed by atoms with van der Waals surface area (Å²) < 4.78 is 6.15. The monoisotopic (exact) mass is 272 g/mol. The van der Waals surface area contributed by atoms with Crippen LogP contribution in [0.5, 0.6) is 0 Å². The lowest BCUT2D eigenvalue weighted by Gasteiger charge is -2.23. The van der Waals surface area contributed by atoms with Crippen molar-refractivity contribution in [3.63, 3.8) is 0 Å². The molecule has 0 aliphatic heterocycles. The average Bonchev–Trinajstić information content (AvgIpc) is 2.25. The number of hydrogen-bond donors (Lipinski definition) is 0. The Balaban J connectivity index is 2.86. The number of rotatable bonds is 5. The molecule has 15 heavy (non-hydrogen) atoms. The van der Waals surface area contributed by atoms with E-state index in [1.54, 1.807) is 7.11 Å². The van der Waals surface area contributed by atoms with E-state index >= 15 is 0 Å². The van der Waals surface area contributed by atoms with Gasteiger partial charge in [0.15, 0.2) is 0 Å². The van der Waals surface area contributed by atoms with E-state index in [2.05, 4.69) is 39.7 Å². The molecule has 1 aromatic rings. The Kier molecular flexibility index (Phi) is 5.05. The molecular weight excluding hydrogens is 256 g/mol. The maximum absolute atomic E-state index is 5.08. The van der Waals surface area contributed by atoms with E-state index in [1.165, 1.54) is 5.56 Å². The maximum Gasteiger partial charge on any atom is 0.143 e. The third kappa shape index (κ3) is 3.18. The lowest BCUT2D eigenvalue weighted by atomic mass is 10.3. The summed E-state index contributed by atoms with van der Waals surface area (Å²) in [6.45, 7) is 6.70. The lowest BCUT2D eigenvalue weighted by Crippen LogP contribution is -2.28.